The van der Waals surface area contributed by atoms with E-state index in [4.69, 9.17) is 16.3 Å². The summed E-state index contributed by atoms with van der Waals surface area (Å²) in [6, 6.07) is 1.75. The molecule has 1 rings (SSSR count). The summed E-state index contributed by atoms with van der Waals surface area (Å²) in [6.07, 6.45) is 0. The van der Waals surface area contributed by atoms with E-state index in [1.54, 1.807) is 6.07 Å². The molecule has 0 atom stereocenters. The van der Waals surface area contributed by atoms with Crippen molar-refractivity contribution in [3.63, 3.8) is 0 Å². The Morgan fingerprint density at radius 2 is 2.55 bits per heavy atom. The van der Waals surface area contributed by atoms with Crippen molar-refractivity contribution in [2.45, 2.75) is 6.92 Å². The Morgan fingerprint density at radius 3 is 3.00 bits per heavy atom. The molecule has 0 aromatic carbocycles. The third kappa shape index (κ3) is 2.20. The van der Waals surface area contributed by atoms with E-state index in [1.807, 2.05) is 12.3 Å². The molecular weight excluding hydrogens is 184 g/mol. The van der Waals surface area contributed by atoms with Gasteiger partial charge in [-0.3, -0.25) is 4.79 Å². The van der Waals surface area contributed by atoms with Crippen LogP contribution in [0.2, 0.25) is 0 Å². The first kappa shape index (κ1) is 8.56. The second-order valence-corrected chi connectivity index (χ2v) is 3.34. The zero-order valence-electron chi connectivity index (χ0n) is 5.96. The average molecular weight is 191 g/mol. The van der Waals surface area contributed by atoms with Crippen LogP contribution in [0.3, 0.4) is 0 Å². The van der Waals surface area contributed by atoms with Gasteiger partial charge in [0.15, 0.2) is 0 Å². The molecule has 0 N–H and O–H groups in total. The largest absolute Gasteiger partial charge is 0.424 e. The summed E-state index contributed by atoms with van der Waals surface area (Å²) in [5.41, 5.74) is 0. The van der Waals surface area contributed by atoms with Gasteiger partial charge in [-0.1, -0.05) is 0 Å². The molecule has 1 heterocycles. The van der Waals surface area contributed by atoms with E-state index >= 15 is 0 Å². The molecule has 0 unspecified atom stereocenters. The van der Waals surface area contributed by atoms with Gasteiger partial charge in [0, 0.05) is 4.88 Å². The number of hydrogen-bond acceptors (Lipinski definition) is 3. The summed E-state index contributed by atoms with van der Waals surface area (Å²) in [4.78, 5) is 11.7. The molecule has 0 aliphatic heterocycles. The van der Waals surface area contributed by atoms with Crippen LogP contribution in [0.5, 0.6) is 5.75 Å². The predicted molar refractivity (Wildman–Crippen MR) is 45.4 cm³/mol. The minimum atomic E-state index is -0.409. The Labute approximate surface area is 73.7 Å². The van der Waals surface area contributed by atoms with E-state index < -0.39 is 5.97 Å². The Balaban J connectivity index is 2.64. The van der Waals surface area contributed by atoms with E-state index in [0.29, 0.717) is 5.75 Å². The fourth-order valence-corrected chi connectivity index (χ4v) is 1.31. The minimum Gasteiger partial charge on any atom is -0.424 e. The maximum atomic E-state index is 10.7. The van der Waals surface area contributed by atoms with Gasteiger partial charge in [0.1, 0.15) is 11.6 Å². The van der Waals surface area contributed by atoms with Crippen molar-refractivity contribution < 1.29 is 9.53 Å². The van der Waals surface area contributed by atoms with Crippen LogP contribution in [0.15, 0.2) is 11.4 Å². The van der Waals surface area contributed by atoms with Gasteiger partial charge in [0.2, 0.25) is 0 Å². The standard InChI is InChI=1S/C7H7ClO2S/c1-5-6(2-3-11-5)10-7(9)4-8/h2-3H,4H2,1H3. The summed E-state index contributed by atoms with van der Waals surface area (Å²) in [5.74, 6) is 0.101. The fraction of sp³-hybridized carbons (Fsp3) is 0.286. The first-order valence-electron chi connectivity index (χ1n) is 3.05. The average Bonchev–Trinajstić information content (AvgIpc) is 2.37. The number of esters is 1. The molecule has 0 spiro atoms. The first-order chi connectivity index (χ1) is 5.24. The smallest absolute Gasteiger partial charge is 0.326 e. The minimum absolute atomic E-state index is 0.102. The summed E-state index contributed by atoms with van der Waals surface area (Å²) in [7, 11) is 0. The van der Waals surface area contributed by atoms with Gasteiger partial charge in [-0.2, -0.15) is 0 Å². The molecule has 1 aromatic heterocycles. The Hall–Kier alpha value is -0.540. The van der Waals surface area contributed by atoms with Crippen molar-refractivity contribution in [3.05, 3.63) is 16.3 Å². The lowest BCUT2D eigenvalue weighted by Crippen LogP contribution is -2.08. The highest BCUT2D eigenvalue weighted by molar-refractivity contribution is 7.10. The summed E-state index contributed by atoms with van der Waals surface area (Å²) < 4.78 is 4.87. The van der Waals surface area contributed by atoms with Crippen molar-refractivity contribution in [2.75, 3.05) is 5.88 Å². The molecule has 11 heavy (non-hydrogen) atoms. The molecule has 2 nitrogen and oxygen atoms in total. The van der Waals surface area contributed by atoms with Crippen molar-refractivity contribution in [2.24, 2.45) is 0 Å². The molecule has 4 heteroatoms. The number of thiophene rings is 1. The zero-order valence-corrected chi connectivity index (χ0v) is 7.54. The second kappa shape index (κ2) is 3.74. The Bertz CT molecular complexity index is 257. The zero-order chi connectivity index (χ0) is 8.27. The van der Waals surface area contributed by atoms with Crippen molar-refractivity contribution in [1.82, 2.24) is 0 Å². The highest BCUT2D eigenvalue weighted by Gasteiger charge is 2.05. The number of rotatable bonds is 2. The van der Waals surface area contributed by atoms with Crippen molar-refractivity contribution in [1.29, 1.82) is 0 Å². The Kier molecular flexibility index (Phi) is 2.91. The van der Waals surface area contributed by atoms with Crippen LogP contribution in [-0.2, 0) is 4.79 Å². The third-order valence-electron chi connectivity index (χ3n) is 1.14. The topological polar surface area (TPSA) is 26.3 Å². The highest BCUT2D eigenvalue weighted by atomic mass is 35.5. The van der Waals surface area contributed by atoms with Crippen LogP contribution in [0.1, 0.15) is 4.88 Å². The molecule has 0 aliphatic rings. The lowest BCUT2D eigenvalue weighted by molar-refractivity contribution is -0.131. The van der Waals surface area contributed by atoms with E-state index in [0.717, 1.165) is 4.88 Å². The normalized spacial score (nSPS) is 9.64. The van der Waals surface area contributed by atoms with Gasteiger partial charge in [-0.15, -0.1) is 22.9 Å². The maximum absolute atomic E-state index is 10.7. The van der Waals surface area contributed by atoms with Gasteiger partial charge < -0.3 is 4.74 Å². The van der Waals surface area contributed by atoms with E-state index in [-0.39, 0.29) is 5.88 Å². The van der Waals surface area contributed by atoms with Crippen molar-refractivity contribution in [3.8, 4) is 5.75 Å². The van der Waals surface area contributed by atoms with Gasteiger partial charge in [-0.25, -0.2) is 0 Å². The highest BCUT2D eigenvalue weighted by Crippen LogP contribution is 2.23. The number of aryl methyl sites for hydroxylation is 1. The molecule has 1 aromatic rings. The van der Waals surface area contributed by atoms with Gasteiger partial charge in [0.05, 0.1) is 0 Å². The lowest BCUT2D eigenvalue weighted by Gasteiger charge is -1.98. The van der Waals surface area contributed by atoms with Crippen LogP contribution < -0.4 is 4.74 Å². The van der Waals surface area contributed by atoms with Crippen LogP contribution in [0.4, 0.5) is 0 Å². The van der Waals surface area contributed by atoms with Crippen LogP contribution in [0.25, 0.3) is 0 Å². The molecule has 60 valence electrons. The molecular formula is C7H7ClO2S. The number of carbonyl (C=O) groups is 1. The van der Waals surface area contributed by atoms with E-state index in [1.165, 1.54) is 11.3 Å². The van der Waals surface area contributed by atoms with Gasteiger partial charge in [0.25, 0.3) is 0 Å². The monoisotopic (exact) mass is 190 g/mol. The second-order valence-electron chi connectivity index (χ2n) is 1.95. The number of alkyl halides is 1. The quantitative estimate of drug-likeness (QED) is 0.528. The lowest BCUT2D eigenvalue weighted by atomic mass is 10.5. The molecule has 0 aliphatic carbocycles. The summed E-state index contributed by atoms with van der Waals surface area (Å²) in [5, 5.41) is 1.87. The number of carbonyl (C=O) groups excluding carboxylic acids is 1. The van der Waals surface area contributed by atoms with Crippen LogP contribution in [-0.4, -0.2) is 11.8 Å². The summed E-state index contributed by atoms with van der Waals surface area (Å²) in [6.45, 7) is 1.89. The molecule has 0 radical (unpaired) electrons. The van der Waals surface area contributed by atoms with E-state index in [2.05, 4.69) is 0 Å². The maximum Gasteiger partial charge on any atom is 0.326 e. The number of halogens is 1. The molecule has 0 saturated heterocycles. The van der Waals surface area contributed by atoms with Crippen molar-refractivity contribution >= 4 is 28.9 Å². The first-order valence-corrected chi connectivity index (χ1v) is 4.46. The van der Waals surface area contributed by atoms with Gasteiger partial charge >= 0.3 is 5.97 Å². The predicted octanol–water partition coefficient (Wildman–Crippen LogP) is 2.20. The van der Waals surface area contributed by atoms with E-state index in [9.17, 15) is 4.79 Å². The number of ether oxygens (including phenoxy) is 1. The molecule has 0 saturated carbocycles. The molecule has 0 fully saturated rings. The molecule has 0 amide bonds. The van der Waals surface area contributed by atoms with Crippen LogP contribution in [0, 0.1) is 6.92 Å². The third-order valence-corrected chi connectivity index (χ3v) is 2.19. The Morgan fingerprint density at radius 1 is 1.82 bits per heavy atom. The summed E-state index contributed by atoms with van der Waals surface area (Å²) >= 11 is 6.79. The van der Waals surface area contributed by atoms with Crippen LogP contribution >= 0.6 is 22.9 Å². The van der Waals surface area contributed by atoms with Gasteiger partial charge in [-0.05, 0) is 18.4 Å². The molecule has 0 bridgehead atoms. The fourth-order valence-electron chi connectivity index (χ4n) is 0.629. The SMILES string of the molecule is Cc1sccc1OC(=O)CCl. The number of hydrogen-bond donors (Lipinski definition) is 0.